The van der Waals surface area contributed by atoms with Crippen molar-refractivity contribution >= 4 is 11.8 Å². The Morgan fingerprint density at radius 2 is 1.79 bits per heavy atom. The molecule has 0 aliphatic carbocycles. The van der Waals surface area contributed by atoms with Gasteiger partial charge in [0.1, 0.15) is 11.4 Å². The van der Waals surface area contributed by atoms with E-state index in [0.29, 0.717) is 0 Å². The molecule has 24 heavy (non-hydrogen) atoms. The number of benzene rings is 1. The highest BCUT2D eigenvalue weighted by atomic mass is 16.7. The first-order valence-electron chi connectivity index (χ1n) is 7.97. The van der Waals surface area contributed by atoms with E-state index in [2.05, 4.69) is 20.4 Å². The first kappa shape index (κ1) is 19.7. The number of carbonyl (C=O) groups is 1. The van der Waals surface area contributed by atoms with Crippen LogP contribution in [0.5, 0.6) is 5.75 Å². The van der Waals surface area contributed by atoms with Gasteiger partial charge in [0.25, 0.3) is 5.69 Å². The van der Waals surface area contributed by atoms with Crippen LogP contribution in [0.1, 0.15) is 47.0 Å². The largest absolute Gasteiger partial charge is 0.514 e. The zero-order chi connectivity index (χ0) is 18.4. The topological polar surface area (TPSA) is 78.7 Å². The number of non-ortho nitro benzene ring substituents is 1. The molecular weight excluding hydrogens is 310 g/mol. The van der Waals surface area contributed by atoms with Gasteiger partial charge >= 0.3 is 6.16 Å². The summed E-state index contributed by atoms with van der Waals surface area (Å²) in [5.74, 6) is 0.198. The van der Waals surface area contributed by atoms with E-state index in [4.69, 9.17) is 9.47 Å². The highest BCUT2D eigenvalue weighted by molar-refractivity contribution is 5.64. The van der Waals surface area contributed by atoms with Crippen molar-refractivity contribution < 1.29 is 19.2 Å². The number of ether oxygens (including phenoxy) is 2. The molecule has 0 bridgehead atoms. The summed E-state index contributed by atoms with van der Waals surface area (Å²) in [4.78, 5) is 22.2. The Morgan fingerprint density at radius 1 is 1.25 bits per heavy atom. The van der Waals surface area contributed by atoms with Crippen molar-refractivity contribution in [3.8, 4) is 5.75 Å². The van der Waals surface area contributed by atoms with E-state index in [9.17, 15) is 14.9 Å². The van der Waals surface area contributed by atoms with Gasteiger partial charge in [-0.1, -0.05) is 19.9 Å². The highest BCUT2D eigenvalue weighted by Gasteiger charge is 2.44. The van der Waals surface area contributed by atoms with Crippen molar-refractivity contribution in [3.05, 3.63) is 47.0 Å². The summed E-state index contributed by atoms with van der Waals surface area (Å²) in [7, 11) is 0. The highest BCUT2D eigenvalue weighted by Crippen LogP contribution is 2.44. The number of carbonyl (C=O) groups excluding carboxylic acids is 1. The minimum Gasteiger partial charge on any atom is -0.427 e. The van der Waals surface area contributed by atoms with Crippen LogP contribution in [-0.4, -0.2) is 16.7 Å². The van der Waals surface area contributed by atoms with Crippen molar-refractivity contribution in [2.45, 2.75) is 52.6 Å². The van der Waals surface area contributed by atoms with E-state index in [1.807, 2.05) is 19.9 Å². The molecule has 6 heteroatoms. The lowest BCUT2D eigenvalue weighted by molar-refractivity contribution is -0.384. The maximum absolute atomic E-state index is 12.1. The van der Waals surface area contributed by atoms with Crippen LogP contribution < -0.4 is 4.74 Å². The van der Waals surface area contributed by atoms with E-state index in [1.54, 1.807) is 0 Å². The third kappa shape index (κ3) is 4.34. The van der Waals surface area contributed by atoms with Crippen molar-refractivity contribution in [2.75, 3.05) is 0 Å². The van der Waals surface area contributed by atoms with Gasteiger partial charge in [-0.15, -0.1) is 6.58 Å². The molecule has 132 valence electrons. The fourth-order valence-corrected chi connectivity index (χ4v) is 2.98. The molecule has 6 nitrogen and oxygen atoms in total. The number of rotatable bonds is 8. The average Bonchev–Trinajstić information content (AvgIpc) is 2.52. The summed E-state index contributed by atoms with van der Waals surface area (Å²) in [5.41, 5.74) is -1.05. The second-order valence-corrected chi connectivity index (χ2v) is 6.20. The summed E-state index contributed by atoms with van der Waals surface area (Å²) in [6.07, 6.45) is 3.38. The second kappa shape index (κ2) is 7.95. The van der Waals surface area contributed by atoms with E-state index in [-0.39, 0.29) is 16.9 Å². The zero-order valence-electron chi connectivity index (χ0n) is 14.7. The van der Waals surface area contributed by atoms with E-state index < -0.39 is 16.7 Å². The van der Waals surface area contributed by atoms with Crippen LogP contribution in [0.2, 0.25) is 0 Å². The van der Waals surface area contributed by atoms with Crippen molar-refractivity contribution in [3.63, 3.8) is 0 Å². The number of nitrogens with zero attached hydrogens (tertiary/aromatic N) is 1. The third-order valence-electron chi connectivity index (χ3n) is 4.75. The molecule has 0 heterocycles. The van der Waals surface area contributed by atoms with Crippen molar-refractivity contribution in [1.82, 2.24) is 0 Å². The van der Waals surface area contributed by atoms with Crippen LogP contribution in [0.15, 0.2) is 36.9 Å². The number of hydrogen-bond acceptors (Lipinski definition) is 5. The summed E-state index contributed by atoms with van der Waals surface area (Å²) in [6, 6.07) is 5.27. The zero-order valence-corrected chi connectivity index (χ0v) is 14.7. The molecule has 0 radical (unpaired) electrons. The van der Waals surface area contributed by atoms with Gasteiger partial charge in [0.05, 0.1) is 4.92 Å². The lowest BCUT2D eigenvalue weighted by Crippen LogP contribution is -2.46. The van der Waals surface area contributed by atoms with E-state index >= 15 is 0 Å². The first-order chi connectivity index (χ1) is 11.2. The van der Waals surface area contributed by atoms with Gasteiger partial charge in [-0.2, -0.15) is 0 Å². The lowest BCUT2D eigenvalue weighted by atomic mass is 9.67. The fourth-order valence-electron chi connectivity index (χ4n) is 2.98. The smallest absolute Gasteiger partial charge is 0.427 e. The molecule has 0 saturated heterocycles. The van der Waals surface area contributed by atoms with Crippen LogP contribution in [0.3, 0.4) is 0 Å². The van der Waals surface area contributed by atoms with Gasteiger partial charge < -0.3 is 9.47 Å². The molecule has 1 aromatic carbocycles. The summed E-state index contributed by atoms with van der Waals surface area (Å²) in [5, 5.41) is 10.6. The average molecular weight is 335 g/mol. The summed E-state index contributed by atoms with van der Waals surface area (Å²) < 4.78 is 10.7. The van der Waals surface area contributed by atoms with Gasteiger partial charge in [0, 0.05) is 17.5 Å². The minimum absolute atomic E-state index is 0.0713. The van der Waals surface area contributed by atoms with E-state index in [1.165, 1.54) is 24.3 Å². The first-order valence-corrected chi connectivity index (χ1v) is 7.97. The van der Waals surface area contributed by atoms with Gasteiger partial charge in [-0.3, -0.25) is 10.1 Å². The molecule has 0 aromatic heterocycles. The Balaban J connectivity index is 2.84. The van der Waals surface area contributed by atoms with Crippen LogP contribution in [-0.2, 0) is 4.74 Å². The fraction of sp³-hybridized carbons (Fsp3) is 0.500. The number of allylic oxidation sites excluding steroid dienone is 1. The SMILES string of the molecule is C=CCC(CC)(CC)C(C)(C)OC(=O)Oc1ccc([N+](=O)[O-])cc1. The van der Waals surface area contributed by atoms with Crippen LogP contribution in [0.25, 0.3) is 0 Å². The van der Waals surface area contributed by atoms with Crippen LogP contribution >= 0.6 is 0 Å². The molecule has 1 rings (SSSR count). The van der Waals surface area contributed by atoms with Gasteiger partial charge in [0.15, 0.2) is 0 Å². The van der Waals surface area contributed by atoms with Gasteiger partial charge in [-0.25, -0.2) is 4.79 Å². The Labute approximate surface area is 142 Å². The molecule has 0 amide bonds. The van der Waals surface area contributed by atoms with Crippen molar-refractivity contribution in [1.29, 1.82) is 0 Å². The summed E-state index contributed by atoms with van der Waals surface area (Å²) >= 11 is 0. The lowest BCUT2D eigenvalue weighted by Gasteiger charge is -2.44. The Bertz CT molecular complexity index is 588. The minimum atomic E-state index is -0.829. The standard InChI is InChI=1S/C18H25NO5/c1-6-13-18(7-2,8-3)17(4,5)24-16(20)23-15-11-9-14(10-12-15)19(21)22/h6,9-12H,1,7-8,13H2,2-5H3. The van der Waals surface area contributed by atoms with Gasteiger partial charge in [-0.05, 0) is 45.2 Å². The number of nitro groups is 1. The molecule has 0 atom stereocenters. The van der Waals surface area contributed by atoms with Crippen LogP contribution in [0.4, 0.5) is 10.5 Å². The normalized spacial score (nSPS) is 11.7. The molecule has 0 saturated carbocycles. The molecule has 0 N–H and O–H groups in total. The number of hydrogen-bond donors (Lipinski definition) is 0. The quantitative estimate of drug-likeness (QED) is 0.212. The second-order valence-electron chi connectivity index (χ2n) is 6.20. The molecule has 0 aliphatic heterocycles. The molecule has 0 aliphatic rings. The molecular formula is C18H25NO5. The Morgan fingerprint density at radius 3 is 2.21 bits per heavy atom. The summed E-state index contributed by atoms with van der Waals surface area (Å²) in [6.45, 7) is 11.6. The maximum Gasteiger partial charge on any atom is 0.514 e. The monoisotopic (exact) mass is 335 g/mol. The van der Waals surface area contributed by atoms with Crippen molar-refractivity contribution in [2.24, 2.45) is 5.41 Å². The predicted molar refractivity (Wildman–Crippen MR) is 92.1 cm³/mol. The Kier molecular flexibility index (Phi) is 6.51. The maximum atomic E-state index is 12.1. The number of nitro benzene ring substituents is 1. The van der Waals surface area contributed by atoms with Gasteiger partial charge in [0.2, 0.25) is 0 Å². The molecule has 1 aromatic rings. The van der Waals surface area contributed by atoms with Crippen LogP contribution in [0, 0.1) is 15.5 Å². The Hall–Kier alpha value is -2.37. The van der Waals surface area contributed by atoms with E-state index in [0.717, 1.165) is 19.3 Å². The molecule has 0 fully saturated rings. The third-order valence-corrected chi connectivity index (χ3v) is 4.75. The predicted octanol–water partition coefficient (Wildman–Crippen LogP) is 5.27. The molecule has 0 unspecified atom stereocenters. The molecule has 0 spiro atoms.